The van der Waals surface area contributed by atoms with Gasteiger partial charge in [-0.25, -0.2) is 0 Å². The number of amides is 3. The molecule has 1 aromatic rings. The normalized spacial score (nSPS) is 17.1. The monoisotopic (exact) mass is 389 g/mol. The fourth-order valence-electron chi connectivity index (χ4n) is 2.84. The average molecular weight is 389 g/mol. The van der Waals surface area contributed by atoms with Gasteiger partial charge >= 0.3 is 0 Å². The zero-order valence-electron chi connectivity index (χ0n) is 15.9. The van der Waals surface area contributed by atoms with Crippen LogP contribution < -0.4 is 27.8 Å². The highest BCUT2D eigenvalue weighted by Gasteiger charge is 2.34. The van der Waals surface area contributed by atoms with Crippen molar-refractivity contribution in [2.24, 2.45) is 22.2 Å². The van der Waals surface area contributed by atoms with Crippen LogP contribution in [0.1, 0.15) is 18.9 Å². The minimum Gasteiger partial charge on any atom is -0.370 e. The van der Waals surface area contributed by atoms with Gasteiger partial charge in [-0.3, -0.25) is 19.4 Å². The number of nitrogens with zero attached hydrogens (tertiary/aromatic N) is 2. The Labute approximate surface area is 163 Å². The summed E-state index contributed by atoms with van der Waals surface area (Å²) in [6.07, 6.45) is 1.21. The molecule has 0 aromatic heterocycles. The summed E-state index contributed by atoms with van der Waals surface area (Å²) in [6.45, 7) is 2.35. The molecule has 1 aromatic carbocycles. The molecule has 0 radical (unpaired) electrons. The Morgan fingerprint density at radius 3 is 2.54 bits per heavy atom. The van der Waals surface area contributed by atoms with Crippen molar-refractivity contribution < 1.29 is 14.4 Å². The number of carbonyl (C=O) groups excluding carboxylic acids is 3. The summed E-state index contributed by atoms with van der Waals surface area (Å²) in [5.74, 6) is -0.949. The zero-order valence-corrected chi connectivity index (χ0v) is 15.9. The van der Waals surface area contributed by atoms with E-state index in [1.165, 1.54) is 4.90 Å². The Hall–Kier alpha value is -3.14. The lowest BCUT2D eigenvalue weighted by Crippen LogP contribution is -2.49. The Kier molecular flexibility index (Phi) is 7.33. The predicted octanol–water partition coefficient (Wildman–Crippen LogP) is -1.49. The van der Waals surface area contributed by atoms with Crippen LogP contribution in [0.3, 0.4) is 0 Å². The van der Waals surface area contributed by atoms with Gasteiger partial charge in [0.1, 0.15) is 6.04 Å². The number of hydrogen-bond acceptors (Lipinski definition) is 5. The molecule has 1 unspecified atom stereocenters. The predicted molar refractivity (Wildman–Crippen MR) is 106 cm³/mol. The fraction of sp³-hybridized carbons (Fsp3) is 0.444. The highest BCUT2D eigenvalue weighted by molar-refractivity contribution is 5.96. The van der Waals surface area contributed by atoms with Gasteiger partial charge in [-0.2, -0.15) is 0 Å². The molecule has 2 atom stereocenters. The van der Waals surface area contributed by atoms with E-state index in [1.807, 2.05) is 12.1 Å². The smallest absolute Gasteiger partial charge is 0.243 e. The molecule has 1 heterocycles. The molecular weight excluding hydrogens is 362 g/mol. The minimum atomic E-state index is -0.668. The zero-order chi connectivity index (χ0) is 20.7. The lowest BCUT2D eigenvalue weighted by molar-refractivity contribution is -0.137. The molecule has 8 N–H and O–H groups in total. The van der Waals surface area contributed by atoms with Gasteiger partial charge in [0.2, 0.25) is 17.7 Å². The van der Waals surface area contributed by atoms with Crippen molar-refractivity contribution in [3.8, 4) is 0 Å². The molecule has 0 bridgehead atoms. The van der Waals surface area contributed by atoms with E-state index in [1.54, 1.807) is 19.1 Å². The summed E-state index contributed by atoms with van der Waals surface area (Å²) >= 11 is 0. The van der Waals surface area contributed by atoms with E-state index in [-0.39, 0.29) is 24.3 Å². The summed E-state index contributed by atoms with van der Waals surface area (Å²) in [7, 11) is 0. The van der Waals surface area contributed by atoms with Gasteiger partial charge in [-0.1, -0.05) is 12.1 Å². The van der Waals surface area contributed by atoms with E-state index in [0.717, 1.165) is 5.56 Å². The third kappa shape index (κ3) is 5.95. The van der Waals surface area contributed by atoms with Gasteiger partial charge in [0.25, 0.3) is 0 Å². The minimum absolute atomic E-state index is 0.0530. The molecule has 1 saturated heterocycles. The maximum atomic E-state index is 12.2. The molecule has 1 aliphatic rings. The number of hydrogen-bond donors (Lipinski definition) is 5. The van der Waals surface area contributed by atoms with Gasteiger partial charge < -0.3 is 32.7 Å². The Morgan fingerprint density at radius 1 is 1.29 bits per heavy atom. The summed E-state index contributed by atoms with van der Waals surface area (Å²) in [6, 6.07) is 6.02. The van der Waals surface area contributed by atoms with Crippen molar-refractivity contribution in [3.63, 3.8) is 0 Å². The maximum Gasteiger partial charge on any atom is 0.243 e. The van der Waals surface area contributed by atoms with Crippen molar-refractivity contribution in [1.82, 2.24) is 10.2 Å². The molecular formula is C18H27N7O3. The second-order valence-corrected chi connectivity index (χ2v) is 6.62. The number of aliphatic imine (C=N–C) groups is 1. The van der Waals surface area contributed by atoms with E-state index in [2.05, 4.69) is 15.6 Å². The van der Waals surface area contributed by atoms with Gasteiger partial charge in [0.05, 0.1) is 12.6 Å². The van der Waals surface area contributed by atoms with Gasteiger partial charge in [0, 0.05) is 18.8 Å². The van der Waals surface area contributed by atoms with E-state index in [4.69, 9.17) is 17.2 Å². The highest BCUT2D eigenvalue weighted by atomic mass is 16.2. The third-order valence-corrected chi connectivity index (χ3v) is 4.48. The molecule has 10 heteroatoms. The Morgan fingerprint density at radius 2 is 1.96 bits per heavy atom. The SMILES string of the molecule is C[C@@H](C(=O)NCC(=O)Nc1ccc(CCN=C(N)N)cc1)N1CCC(N)C1=O. The molecule has 152 valence electrons. The van der Waals surface area contributed by atoms with Crippen LogP contribution in [0.15, 0.2) is 29.3 Å². The van der Waals surface area contributed by atoms with E-state index >= 15 is 0 Å². The number of carbonyl (C=O) groups is 3. The number of benzene rings is 1. The quantitative estimate of drug-likeness (QED) is 0.268. The largest absolute Gasteiger partial charge is 0.370 e. The van der Waals surface area contributed by atoms with Crippen LogP contribution >= 0.6 is 0 Å². The molecule has 0 spiro atoms. The van der Waals surface area contributed by atoms with Crippen LogP contribution in [0.2, 0.25) is 0 Å². The van der Waals surface area contributed by atoms with Crippen molar-refractivity contribution in [3.05, 3.63) is 29.8 Å². The first-order chi connectivity index (χ1) is 13.3. The lowest BCUT2D eigenvalue weighted by atomic mass is 10.1. The van der Waals surface area contributed by atoms with Crippen LogP contribution in [0.4, 0.5) is 5.69 Å². The lowest BCUT2D eigenvalue weighted by Gasteiger charge is -2.23. The van der Waals surface area contributed by atoms with E-state index in [0.29, 0.717) is 31.6 Å². The van der Waals surface area contributed by atoms with E-state index < -0.39 is 18.0 Å². The Balaban J connectivity index is 1.76. The highest BCUT2D eigenvalue weighted by Crippen LogP contribution is 2.13. The third-order valence-electron chi connectivity index (χ3n) is 4.48. The number of anilines is 1. The van der Waals surface area contributed by atoms with Crippen LogP contribution in [0, 0.1) is 0 Å². The average Bonchev–Trinajstić information content (AvgIpc) is 2.99. The van der Waals surface area contributed by atoms with Crippen molar-refractivity contribution in [2.45, 2.75) is 31.8 Å². The first-order valence-electron chi connectivity index (χ1n) is 9.06. The number of nitrogens with one attached hydrogen (secondary N) is 2. The molecule has 1 fully saturated rings. The number of rotatable bonds is 8. The fourth-order valence-corrected chi connectivity index (χ4v) is 2.84. The maximum absolute atomic E-state index is 12.2. The van der Waals surface area contributed by atoms with Crippen molar-refractivity contribution in [2.75, 3.05) is 25.0 Å². The van der Waals surface area contributed by atoms with Crippen molar-refractivity contribution in [1.29, 1.82) is 0 Å². The van der Waals surface area contributed by atoms with Gasteiger partial charge in [0.15, 0.2) is 5.96 Å². The van der Waals surface area contributed by atoms with Crippen LogP contribution in [-0.2, 0) is 20.8 Å². The molecule has 10 nitrogen and oxygen atoms in total. The van der Waals surface area contributed by atoms with Crippen molar-refractivity contribution >= 4 is 29.4 Å². The second kappa shape index (κ2) is 9.70. The summed E-state index contributed by atoms with van der Waals surface area (Å²) in [5.41, 5.74) is 17.9. The number of guanidine groups is 1. The summed E-state index contributed by atoms with van der Waals surface area (Å²) in [5, 5.41) is 5.24. The molecule has 3 amide bonds. The number of nitrogens with two attached hydrogens (primary N) is 3. The topological polar surface area (TPSA) is 169 Å². The summed E-state index contributed by atoms with van der Waals surface area (Å²) < 4.78 is 0. The van der Waals surface area contributed by atoms with Gasteiger partial charge in [-0.15, -0.1) is 0 Å². The number of likely N-dealkylation sites (tertiary alicyclic amines) is 1. The molecule has 0 saturated carbocycles. The molecule has 28 heavy (non-hydrogen) atoms. The molecule has 0 aliphatic carbocycles. The molecule has 1 aliphatic heterocycles. The standard InChI is InChI=1S/C18H27N7O3/c1-11(25-9-7-14(19)17(25)28)16(27)23-10-15(26)24-13-4-2-12(3-5-13)6-8-22-18(20)21/h2-5,11,14H,6-10,19H2,1H3,(H,23,27)(H,24,26)(H4,20,21,22)/t11-,14?/m0/s1. The second-order valence-electron chi connectivity index (χ2n) is 6.62. The van der Waals surface area contributed by atoms with Crippen LogP contribution in [0.5, 0.6) is 0 Å². The van der Waals surface area contributed by atoms with E-state index in [9.17, 15) is 14.4 Å². The Bertz CT molecular complexity index is 744. The first-order valence-corrected chi connectivity index (χ1v) is 9.06. The molecule has 2 rings (SSSR count). The first kappa shape index (κ1) is 21.2. The summed E-state index contributed by atoms with van der Waals surface area (Å²) in [4.78, 5) is 41.4. The van der Waals surface area contributed by atoms with Crippen LogP contribution in [0.25, 0.3) is 0 Å². The van der Waals surface area contributed by atoms with Gasteiger partial charge in [-0.05, 0) is 37.5 Å². The van der Waals surface area contributed by atoms with Crippen LogP contribution in [-0.4, -0.2) is 60.3 Å².